The van der Waals surface area contributed by atoms with Crippen molar-refractivity contribution in [2.24, 2.45) is 0 Å². The summed E-state index contributed by atoms with van der Waals surface area (Å²) < 4.78 is 1.30. The fourth-order valence-corrected chi connectivity index (χ4v) is 1.74. The summed E-state index contributed by atoms with van der Waals surface area (Å²) in [6, 6.07) is 9.25. The van der Waals surface area contributed by atoms with Gasteiger partial charge in [-0.15, -0.1) is 5.10 Å². The monoisotopic (exact) mass is 242 g/mol. The first-order valence-corrected chi connectivity index (χ1v) is 5.25. The molecule has 2 aromatic rings. The van der Waals surface area contributed by atoms with Crippen molar-refractivity contribution < 1.29 is 9.90 Å². The number of carboxylic acid groups (broad SMARTS) is 1. The first kappa shape index (κ1) is 11.8. The Kier molecular flexibility index (Phi) is 3.06. The fraction of sp³-hybridized carbons (Fsp3) is 0.167. The lowest BCUT2D eigenvalue weighted by molar-refractivity contribution is 0.0691. The first-order valence-electron chi connectivity index (χ1n) is 5.25. The van der Waals surface area contributed by atoms with E-state index in [9.17, 15) is 4.79 Å². The summed E-state index contributed by atoms with van der Waals surface area (Å²) in [5.74, 6) is -1.16. The Bertz CT molecular complexity index is 640. The van der Waals surface area contributed by atoms with Gasteiger partial charge in [-0.05, 0) is 12.5 Å². The average molecular weight is 242 g/mol. The molecule has 6 heteroatoms. The van der Waals surface area contributed by atoms with E-state index in [1.807, 2.05) is 25.1 Å². The predicted octanol–water partition coefficient (Wildman–Crippen LogP) is 1.48. The van der Waals surface area contributed by atoms with Crippen LogP contribution in [-0.4, -0.2) is 26.1 Å². The quantitative estimate of drug-likeness (QED) is 0.879. The molecule has 0 radical (unpaired) electrons. The summed E-state index contributed by atoms with van der Waals surface area (Å²) >= 11 is 0. The lowest BCUT2D eigenvalue weighted by atomic mass is 10.0. The second-order valence-electron chi connectivity index (χ2n) is 3.72. The number of aromatic nitrogens is 3. The van der Waals surface area contributed by atoms with Crippen LogP contribution < -0.4 is 0 Å². The van der Waals surface area contributed by atoms with Gasteiger partial charge in [0.1, 0.15) is 12.2 Å². The molecule has 0 saturated heterocycles. The standard InChI is InChI=1S/C12H10N4O2/c1-8-4-2-3-5-9(8)11-10(12(17)18)14-15-16(11)7-6-13/h2-5H,7H2,1H3,(H,17,18). The van der Waals surface area contributed by atoms with Gasteiger partial charge in [0.25, 0.3) is 0 Å². The number of aromatic carboxylic acids is 1. The summed E-state index contributed by atoms with van der Waals surface area (Å²) in [7, 11) is 0. The lowest BCUT2D eigenvalue weighted by Crippen LogP contribution is -2.05. The van der Waals surface area contributed by atoms with Gasteiger partial charge in [0.2, 0.25) is 0 Å². The molecule has 0 unspecified atom stereocenters. The molecule has 0 saturated carbocycles. The number of benzene rings is 1. The van der Waals surface area contributed by atoms with Crippen LogP contribution in [0, 0.1) is 18.3 Å². The van der Waals surface area contributed by atoms with Crippen molar-refractivity contribution in [1.29, 1.82) is 5.26 Å². The highest BCUT2D eigenvalue weighted by Crippen LogP contribution is 2.25. The molecule has 0 fully saturated rings. The highest BCUT2D eigenvalue weighted by molar-refractivity contribution is 5.93. The molecule has 1 aromatic heterocycles. The molecule has 0 atom stereocenters. The molecule has 18 heavy (non-hydrogen) atoms. The van der Waals surface area contributed by atoms with Gasteiger partial charge in [0.15, 0.2) is 5.69 Å². The first-order chi connectivity index (χ1) is 8.65. The van der Waals surface area contributed by atoms with E-state index in [4.69, 9.17) is 10.4 Å². The van der Waals surface area contributed by atoms with Crippen molar-refractivity contribution in [2.75, 3.05) is 0 Å². The summed E-state index contributed by atoms with van der Waals surface area (Å²) in [6.45, 7) is 1.83. The van der Waals surface area contributed by atoms with E-state index in [1.54, 1.807) is 12.1 Å². The highest BCUT2D eigenvalue weighted by Gasteiger charge is 2.21. The Hall–Kier alpha value is -2.68. The van der Waals surface area contributed by atoms with E-state index in [0.717, 1.165) is 11.1 Å². The molecule has 6 nitrogen and oxygen atoms in total. The normalized spacial score (nSPS) is 10.0. The van der Waals surface area contributed by atoms with Crippen LogP contribution in [0.4, 0.5) is 0 Å². The SMILES string of the molecule is Cc1ccccc1-c1c(C(=O)O)nnn1CC#N. The van der Waals surface area contributed by atoms with Gasteiger partial charge in [-0.2, -0.15) is 5.26 Å². The van der Waals surface area contributed by atoms with Crippen LogP contribution in [0.3, 0.4) is 0 Å². The fourth-order valence-electron chi connectivity index (χ4n) is 1.74. The molecular formula is C12H10N4O2. The van der Waals surface area contributed by atoms with Gasteiger partial charge in [0.05, 0.1) is 6.07 Å². The molecule has 0 aliphatic carbocycles. The molecule has 0 spiro atoms. The second-order valence-corrected chi connectivity index (χ2v) is 3.72. The van der Waals surface area contributed by atoms with Gasteiger partial charge >= 0.3 is 5.97 Å². The molecule has 0 amide bonds. The Labute approximate surface area is 103 Å². The maximum Gasteiger partial charge on any atom is 0.358 e. The van der Waals surface area contributed by atoms with Gasteiger partial charge < -0.3 is 5.11 Å². The second kappa shape index (κ2) is 4.67. The van der Waals surface area contributed by atoms with Crippen molar-refractivity contribution in [2.45, 2.75) is 13.5 Å². The molecule has 2 rings (SSSR count). The molecule has 0 aliphatic heterocycles. The topological polar surface area (TPSA) is 91.8 Å². The molecule has 90 valence electrons. The Morgan fingerprint density at radius 3 is 2.83 bits per heavy atom. The van der Waals surface area contributed by atoms with Gasteiger partial charge in [-0.3, -0.25) is 0 Å². The zero-order valence-electron chi connectivity index (χ0n) is 9.66. The molecule has 1 aromatic carbocycles. The predicted molar refractivity (Wildman–Crippen MR) is 62.8 cm³/mol. The van der Waals surface area contributed by atoms with Crippen molar-refractivity contribution in [3.63, 3.8) is 0 Å². The largest absolute Gasteiger partial charge is 0.476 e. The van der Waals surface area contributed by atoms with Crippen LogP contribution in [0.15, 0.2) is 24.3 Å². The van der Waals surface area contributed by atoms with Crippen molar-refractivity contribution in [1.82, 2.24) is 15.0 Å². The molecule has 0 aliphatic rings. The number of aryl methyl sites for hydroxylation is 1. The number of hydrogen-bond acceptors (Lipinski definition) is 4. The number of hydrogen-bond donors (Lipinski definition) is 1. The summed E-state index contributed by atoms with van der Waals surface area (Å²) in [4.78, 5) is 11.1. The van der Waals surface area contributed by atoms with Crippen molar-refractivity contribution in [3.05, 3.63) is 35.5 Å². The number of carboxylic acids is 1. The Balaban J connectivity index is 2.68. The maximum absolute atomic E-state index is 11.1. The van der Waals surface area contributed by atoms with Crippen LogP contribution in [0.1, 0.15) is 16.1 Å². The third kappa shape index (κ3) is 1.94. The molecular weight excluding hydrogens is 232 g/mol. The zero-order valence-corrected chi connectivity index (χ0v) is 9.66. The average Bonchev–Trinajstić information content (AvgIpc) is 2.74. The summed E-state index contributed by atoms with van der Waals surface area (Å²) in [5.41, 5.74) is 1.85. The maximum atomic E-state index is 11.1. The minimum atomic E-state index is -1.16. The van der Waals surface area contributed by atoms with Crippen LogP contribution in [0.25, 0.3) is 11.3 Å². The minimum Gasteiger partial charge on any atom is -0.476 e. The van der Waals surface area contributed by atoms with E-state index >= 15 is 0 Å². The van der Waals surface area contributed by atoms with Crippen LogP contribution >= 0.6 is 0 Å². The van der Waals surface area contributed by atoms with Crippen molar-refractivity contribution in [3.8, 4) is 17.3 Å². The third-order valence-electron chi connectivity index (χ3n) is 2.56. The Morgan fingerprint density at radius 1 is 1.50 bits per heavy atom. The summed E-state index contributed by atoms with van der Waals surface area (Å²) in [5, 5.41) is 25.1. The number of nitriles is 1. The minimum absolute atomic E-state index is 0.0378. The summed E-state index contributed by atoms with van der Waals surface area (Å²) in [6.07, 6.45) is 0. The number of nitrogens with zero attached hydrogens (tertiary/aromatic N) is 4. The van der Waals surface area contributed by atoms with E-state index in [2.05, 4.69) is 10.3 Å². The molecule has 0 bridgehead atoms. The number of carbonyl (C=O) groups is 1. The van der Waals surface area contributed by atoms with Crippen LogP contribution in [0.2, 0.25) is 0 Å². The van der Waals surface area contributed by atoms with Gasteiger partial charge in [-0.1, -0.05) is 29.5 Å². The number of rotatable bonds is 3. The van der Waals surface area contributed by atoms with Gasteiger partial charge in [0, 0.05) is 5.56 Å². The van der Waals surface area contributed by atoms with E-state index in [-0.39, 0.29) is 12.2 Å². The van der Waals surface area contributed by atoms with Crippen LogP contribution in [-0.2, 0) is 6.54 Å². The lowest BCUT2D eigenvalue weighted by Gasteiger charge is -2.06. The smallest absolute Gasteiger partial charge is 0.358 e. The van der Waals surface area contributed by atoms with Crippen LogP contribution in [0.5, 0.6) is 0 Å². The zero-order chi connectivity index (χ0) is 13.1. The molecule has 1 N–H and O–H groups in total. The van der Waals surface area contributed by atoms with Gasteiger partial charge in [-0.25, -0.2) is 9.48 Å². The molecule has 1 heterocycles. The van der Waals surface area contributed by atoms with E-state index in [0.29, 0.717) is 5.69 Å². The Morgan fingerprint density at radius 2 is 2.22 bits per heavy atom. The van der Waals surface area contributed by atoms with E-state index < -0.39 is 5.97 Å². The third-order valence-corrected chi connectivity index (χ3v) is 2.56. The van der Waals surface area contributed by atoms with E-state index in [1.165, 1.54) is 4.68 Å². The van der Waals surface area contributed by atoms with Crippen molar-refractivity contribution >= 4 is 5.97 Å². The highest BCUT2D eigenvalue weighted by atomic mass is 16.4.